The molecule has 0 atom stereocenters. The molecule has 2 fully saturated rings. The first-order valence-corrected chi connectivity index (χ1v) is 13.1. The van der Waals surface area contributed by atoms with Crippen molar-refractivity contribution in [1.29, 1.82) is 0 Å². The Hall–Kier alpha value is -2.94. The number of likely N-dealkylation sites (tertiary alicyclic amines) is 1. The molecule has 6 nitrogen and oxygen atoms in total. The predicted molar refractivity (Wildman–Crippen MR) is 138 cm³/mol. The van der Waals surface area contributed by atoms with Gasteiger partial charge in [-0.3, -0.25) is 4.90 Å². The topological polar surface area (TPSA) is 63.2 Å². The second-order valence-electron chi connectivity index (χ2n) is 9.29. The molecule has 2 aliphatic heterocycles. The van der Waals surface area contributed by atoms with Gasteiger partial charge in [-0.05, 0) is 80.6 Å². The van der Waals surface area contributed by atoms with Gasteiger partial charge in [0.15, 0.2) is 0 Å². The number of hydrogen-bond acceptors (Lipinski definition) is 7. The van der Waals surface area contributed by atoms with Crippen molar-refractivity contribution in [1.82, 2.24) is 19.9 Å². The standard InChI is InChI=1S/C27H28FN5OS/c28-20-5-3-19(4-6-20)27-31-22-15-26(29-16-24(22)35-27)32-25-8-7-21(18-9-13-34-14-10-18)23(30-25)17-33-11-1-2-12-33/h3-8,15-16,18H,1-2,9-14,17H2,(H,29,30,32). The van der Waals surface area contributed by atoms with E-state index in [9.17, 15) is 4.39 Å². The number of anilines is 2. The molecule has 0 saturated carbocycles. The third kappa shape index (κ3) is 5.05. The molecule has 2 saturated heterocycles. The normalized spacial score (nSPS) is 17.3. The molecule has 5 heterocycles. The van der Waals surface area contributed by atoms with E-state index in [0.717, 1.165) is 78.0 Å². The van der Waals surface area contributed by atoms with Gasteiger partial charge in [-0.25, -0.2) is 19.3 Å². The Balaban J connectivity index is 1.26. The minimum atomic E-state index is -0.248. The summed E-state index contributed by atoms with van der Waals surface area (Å²) in [4.78, 5) is 16.9. The van der Waals surface area contributed by atoms with E-state index < -0.39 is 0 Å². The summed E-state index contributed by atoms with van der Waals surface area (Å²) in [6.07, 6.45) is 6.48. The van der Waals surface area contributed by atoms with Crippen LogP contribution in [0.25, 0.3) is 20.8 Å². The van der Waals surface area contributed by atoms with Crippen molar-refractivity contribution in [3.05, 3.63) is 65.7 Å². The highest BCUT2D eigenvalue weighted by atomic mass is 32.1. The molecule has 180 valence electrons. The number of fused-ring (bicyclic) bond motifs is 1. The summed E-state index contributed by atoms with van der Waals surface area (Å²) in [7, 11) is 0. The van der Waals surface area contributed by atoms with Crippen LogP contribution in [0.15, 0.2) is 48.7 Å². The lowest BCUT2D eigenvalue weighted by Gasteiger charge is -2.26. The molecule has 3 aromatic heterocycles. The Morgan fingerprint density at radius 2 is 1.80 bits per heavy atom. The molecule has 8 heteroatoms. The number of rotatable bonds is 6. The molecule has 0 radical (unpaired) electrons. The first-order chi connectivity index (χ1) is 17.2. The van der Waals surface area contributed by atoms with Crippen molar-refractivity contribution >= 4 is 33.2 Å². The Bertz CT molecular complexity index is 1310. The summed E-state index contributed by atoms with van der Waals surface area (Å²) in [5.74, 6) is 1.78. The van der Waals surface area contributed by atoms with E-state index in [0.29, 0.717) is 11.7 Å². The zero-order valence-electron chi connectivity index (χ0n) is 19.5. The van der Waals surface area contributed by atoms with Crippen molar-refractivity contribution < 1.29 is 9.13 Å². The number of aromatic nitrogens is 3. The maximum atomic E-state index is 13.3. The third-order valence-corrected chi connectivity index (χ3v) is 7.92. The molecular formula is C27H28FN5OS. The number of pyridine rings is 2. The highest BCUT2D eigenvalue weighted by Crippen LogP contribution is 2.33. The van der Waals surface area contributed by atoms with E-state index in [1.807, 2.05) is 12.3 Å². The fourth-order valence-corrected chi connectivity index (χ4v) is 5.91. The zero-order valence-corrected chi connectivity index (χ0v) is 20.4. The lowest BCUT2D eigenvalue weighted by Crippen LogP contribution is -2.22. The Morgan fingerprint density at radius 1 is 1.00 bits per heavy atom. The second kappa shape index (κ2) is 9.97. The molecule has 35 heavy (non-hydrogen) atoms. The second-order valence-corrected chi connectivity index (χ2v) is 10.3. The van der Waals surface area contributed by atoms with E-state index >= 15 is 0 Å². The molecule has 0 unspecified atom stereocenters. The van der Waals surface area contributed by atoms with Gasteiger partial charge in [-0.1, -0.05) is 6.07 Å². The van der Waals surface area contributed by atoms with Gasteiger partial charge in [0.2, 0.25) is 0 Å². The summed E-state index contributed by atoms with van der Waals surface area (Å²) in [5, 5.41) is 4.25. The summed E-state index contributed by atoms with van der Waals surface area (Å²) >= 11 is 1.55. The Morgan fingerprint density at radius 3 is 2.60 bits per heavy atom. The van der Waals surface area contributed by atoms with Crippen LogP contribution in [0.5, 0.6) is 0 Å². The minimum absolute atomic E-state index is 0.248. The number of halogens is 1. The molecule has 0 aliphatic carbocycles. The summed E-state index contributed by atoms with van der Waals surface area (Å²) in [5.41, 5.74) is 4.29. The lowest BCUT2D eigenvalue weighted by molar-refractivity contribution is 0.0849. The molecule has 1 aromatic carbocycles. The molecular weight excluding hydrogens is 461 g/mol. The van der Waals surface area contributed by atoms with Gasteiger partial charge >= 0.3 is 0 Å². The quantitative estimate of drug-likeness (QED) is 0.352. The van der Waals surface area contributed by atoms with Gasteiger partial charge in [0, 0.05) is 37.6 Å². The monoisotopic (exact) mass is 489 g/mol. The smallest absolute Gasteiger partial charge is 0.133 e. The molecule has 1 N–H and O–H groups in total. The Labute approximate surface area is 208 Å². The van der Waals surface area contributed by atoms with Crippen LogP contribution in [0, 0.1) is 5.82 Å². The number of ether oxygens (including phenoxy) is 1. The summed E-state index contributed by atoms with van der Waals surface area (Å²) in [6.45, 7) is 4.83. The van der Waals surface area contributed by atoms with Gasteiger partial charge in [-0.2, -0.15) is 0 Å². The predicted octanol–water partition coefficient (Wildman–Crippen LogP) is 6.13. The van der Waals surface area contributed by atoms with E-state index in [1.165, 1.54) is 30.5 Å². The van der Waals surface area contributed by atoms with Gasteiger partial charge in [0.1, 0.15) is 22.5 Å². The summed E-state index contributed by atoms with van der Waals surface area (Å²) in [6, 6.07) is 12.7. The van der Waals surface area contributed by atoms with Crippen LogP contribution < -0.4 is 5.32 Å². The van der Waals surface area contributed by atoms with Gasteiger partial charge in [-0.15, -0.1) is 11.3 Å². The maximum Gasteiger partial charge on any atom is 0.133 e. The van der Waals surface area contributed by atoms with E-state index in [2.05, 4.69) is 27.3 Å². The maximum absolute atomic E-state index is 13.3. The number of benzene rings is 1. The molecule has 6 rings (SSSR count). The highest BCUT2D eigenvalue weighted by Gasteiger charge is 2.22. The van der Waals surface area contributed by atoms with Crippen molar-refractivity contribution in [2.75, 3.05) is 31.6 Å². The number of thiazole rings is 1. The minimum Gasteiger partial charge on any atom is -0.381 e. The summed E-state index contributed by atoms with van der Waals surface area (Å²) < 4.78 is 19.9. The van der Waals surface area contributed by atoms with E-state index in [1.54, 1.807) is 23.5 Å². The SMILES string of the molecule is Fc1ccc(-c2nc3cc(Nc4ccc(C5CCOCC5)c(CN5CCCC5)n4)ncc3s2)cc1. The van der Waals surface area contributed by atoms with Crippen LogP contribution in [0.2, 0.25) is 0 Å². The largest absolute Gasteiger partial charge is 0.381 e. The average Bonchev–Trinajstić information content (AvgIpc) is 3.55. The van der Waals surface area contributed by atoms with Crippen molar-refractivity contribution in [3.63, 3.8) is 0 Å². The van der Waals surface area contributed by atoms with Crippen LogP contribution >= 0.6 is 11.3 Å². The molecule has 4 aromatic rings. The first kappa shape index (κ1) is 22.5. The lowest BCUT2D eigenvalue weighted by atomic mass is 9.90. The number of hydrogen-bond donors (Lipinski definition) is 1. The molecule has 0 spiro atoms. The fourth-order valence-electron chi connectivity index (χ4n) is 4.99. The Kier molecular flexibility index (Phi) is 6.41. The van der Waals surface area contributed by atoms with Crippen molar-refractivity contribution in [2.24, 2.45) is 0 Å². The van der Waals surface area contributed by atoms with Gasteiger partial charge in [0.05, 0.1) is 15.9 Å². The van der Waals surface area contributed by atoms with Crippen LogP contribution in [-0.2, 0) is 11.3 Å². The van der Waals surface area contributed by atoms with Gasteiger partial charge in [0.25, 0.3) is 0 Å². The molecule has 0 bridgehead atoms. The fraction of sp³-hybridized carbons (Fsp3) is 0.370. The van der Waals surface area contributed by atoms with Crippen LogP contribution in [0.3, 0.4) is 0 Å². The van der Waals surface area contributed by atoms with Crippen LogP contribution in [0.4, 0.5) is 16.0 Å². The van der Waals surface area contributed by atoms with E-state index in [-0.39, 0.29) is 5.82 Å². The highest BCUT2D eigenvalue weighted by molar-refractivity contribution is 7.21. The van der Waals surface area contributed by atoms with Crippen molar-refractivity contribution in [2.45, 2.75) is 38.1 Å². The first-order valence-electron chi connectivity index (χ1n) is 12.3. The number of nitrogens with one attached hydrogen (secondary N) is 1. The van der Waals surface area contributed by atoms with Gasteiger partial charge < -0.3 is 10.1 Å². The number of nitrogens with zero attached hydrogens (tertiary/aromatic N) is 4. The third-order valence-electron chi connectivity index (χ3n) is 6.87. The van der Waals surface area contributed by atoms with Crippen LogP contribution in [0.1, 0.15) is 42.9 Å². The van der Waals surface area contributed by atoms with Crippen molar-refractivity contribution in [3.8, 4) is 10.6 Å². The van der Waals surface area contributed by atoms with Crippen LogP contribution in [-0.4, -0.2) is 46.2 Å². The molecule has 2 aliphatic rings. The zero-order chi connectivity index (χ0) is 23.6. The van der Waals surface area contributed by atoms with E-state index in [4.69, 9.17) is 14.7 Å². The average molecular weight is 490 g/mol. The molecule has 0 amide bonds.